The first-order valence-electron chi connectivity index (χ1n) is 6.26. The Bertz CT molecular complexity index is 814. The predicted octanol–water partition coefficient (Wildman–Crippen LogP) is 4.86. The number of halogens is 6. The first kappa shape index (κ1) is 18.9. The van der Waals surface area contributed by atoms with Crippen LogP contribution in [0, 0.1) is 5.82 Å². The summed E-state index contributed by atoms with van der Waals surface area (Å²) in [7, 11) is 1.31. The van der Waals surface area contributed by atoms with E-state index in [9.17, 15) is 18.0 Å². The average molecular weight is 447 g/mol. The molecule has 5 nitrogen and oxygen atoms in total. The molecule has 24 heavy (non-hydrogen) atoms. The highest BCUT2D eigenvalue weighted by Crippen LogP contribution is 2.44. The number of rotatable bonds is 4. The number of hydrogen-bond acceptors (Lipinski definition) is 3. The topological polar surface area (TPSA) is 56.2 Å². The van der Waals surface area contributed by atoms with Gasteiger partial charge in [-0.1, -0.05) is 23.2 Å². The lowest BCUT2D eigenvalue weighted by Gasteiger charge is -2.12. The smallest absolute Gasteiger partial charge is 0.388 e. The van der Waals surface area contributed by atoms with E-state index in [2.05, 4.69) is 31.1 Å². The second-order valence-electron chi connectivity index (χ2n) is 4.56. The van der Waals surface area contributed by atoms with Crippen LogP contribution in [0.25, 0.3) is 11.3 Å². The highest BCUT2D eigenvalue weighted by molar-refractivity contribution is 9.10. The Labute approximate surface area is 152 Å². The van der Waals surface area contributed by atoms with Crippen molar-refractivity contribution in [3.8, 4) is 17.1 Å². The third-order valence-corrected chi connectivity index (χ3v) is 4.28. The van der Waals surface area contributed by atoms with Crippen LogP contribution in [0.1, 0.15) is 6.92 Å². The number of benzene rings is 1. The third kappa shape index (κ3) is 3.62. The van der Waals surface area contributed by atoms with Crippen molar-refractivity contribution in [3.63, 3.8) is 0 Å². The fraction of sp³-hybridized carbons (Fsp3) is 0.231. The molecule has 1 heterocycles. The maximum absolute atomic E-state index is 14.4. The summed E-state index contributed by atoms with van der Waals surface area (Å²) in [5.41, 5.74) is -0.214. The van der Waals surface area contributed by atoms with Crippen LogP contribution >= 0.6 is 39.1 Å². The lowest BCUT2D eigenvalue weighted by molar-refractivity contribution is -0.114. The lowest BCUT2D eigenvalue weighted by atomic mass is 10.1. The van der Waals surface area contributed by atoms with Crippen LogP contribution in [-0.2, 0) is 11.8 Å². The summed E-state index contributed by atoms with van der Waals surface area (Å²) in [6, 6.07) is 0.950. The molecule has 0 atom stereocenters. The van der Waals surface area contributed by atoms with Crippen molar-refractivity contribution in [2.45, 2.75) is 13.5 Å². The minimum atomic E-state index is -3.13. The van der Waals surface area contributed by atoms with Gasteiger partial charge in [0.25, 0.3) is 0 Å². The van der Waals surface area contributed by atoms with Crippen LogP contribution in [0.3, 0.4) is 0 Å². The molecule has 0 saturated carbocycles. The molecule has 1 amide bonds. The number of aromatic nitrogens is 2. The summed E-state index contributed by atoms with van der Waals surface area (Å²) in [5, 5.41) is 5.97. The molecule has 0 unspecified atom stereocenters. The number of hydrogen-bond donors (Lipinski definition) is 1. The molecule has 1 aromatic heterocycles. The maximum Gasteiger partial charge on any atom is 0.388 e. The summed E-state index contributed by atoms with van der Waals surface area (Å²) in [4.78, 5) is 11.3. The van der Waals surface area contributed by atoms with E-state index in [1.165, 1.54) is 14.0 Å². The molecule has 2 aromatic rings. The number of carbonyl (C=O) groups excluding carboxylic acids is 1. The van der Waals surface area contributed by atoms with Crippen LogP contribution in [0.4, 0.5) is 18.9 Å². The SMILES string of the molecule is CC(=O)Nc1c(Cl)cc(F)c(-c2nn(C)c(OC(F)F)c2Cl)c1Br. The first-order valence-corrected chi connectivity index (χ1v) is 7.81. The number of anilines is 1. The minimum absolute atomic E-state index is 0.0607. The van der Waals surface area contributed by atoms with E-state index in [0.717, 1.165) is 10.7 Å². The molecule has 0 aliphatic heterocycles. The number of nitrogens with one attached hydrogen (secondary N) is 1. The van der Waals surface area contributed by atoms with Crippen LogP contribution in [-0.4, -0.2) is 22.3 Å². The summed E-state index contributed by atoms with van der Waals surface area (Å²) in [6.45, 7) is -1.88. The Hall–Kier alpha value is -1.45. The highest BCUT2D eigenvalue weighted by Gasteiger charge is 2.26. The molecule has 1 aromatic carbocycles. The predicted molar refractivity (Wildman–Crippen MR) is 87.3 cm³/mol. The normalized spacial score (nSPS) is 11.0. The van der Waals surface area contributed by atoms with Gasteiger partial charge in [-0.3, -0.25) is 4.79 Å². The van der Waals surface area contributed by atoms with Gasteiger partial charge in [-0.05, 0) is 22.0 Å². The molecule has 0 saturated heterocycles. The second kappa shape index (κ2) is 7.20. The van der Waals surface area contributed by atoms with Crippen LogP contribution < -0.4 is 10.1 Å². The fourth-order valence-electron chi connectivity index (χ4n) is 1.95. The van der Waals surface area contributed by atoms with Gasteiger partial charge >= 0.3 is 6.61 Å². The van der Waals surface area contributed by atoms with Gasteiger partial charge < -0.3 is 10.1 Å². The van der Waals surface area contributed by atoms with E-state index in [-0.39, 0.29) is 31.5 Å². The molecule has 0 spiro atoms. The Morgan fingerprint density at radius 2 is 2.08 bits per heavy atom. The van der Waals surface area contributed by atoms with E-state index >= 15 is 0 Å². The van der Waals surface area contributed by atoms with Crippen molar-refractivity contribution in [2.75, 3.05) is 5.32 Å². The molecule has 0 aliphatic rings. The maximum atomic E-state index is 14.4. The summed E-state index contributed by atoms with van der Waals surface area (Å²) >= 11 is 15.0. The van der Waals surface area contributed by atoms with Gasteiger partial charge in [0, 0.05) is 14.0 Å². The van der Waals surface area contributed by atoms with Crippen molar-refractivity contribution >= 4 is 50.7 Å². The van der Waals surface area contributed by atoms with Gasteiger partial charge in [-0.15, -0.1) is 0 Å². The van der Waals surface area contributed by atoms with Gasteiger partial charge in [0.2, 0.25) is 11.8 Å². The standard InChI is InChI=1S/C13H9BrCl2F3N3O2/c1-4(23)20-10-5(15)3-6(17)7(8(10)14)11-9(16)12(22(2)21-11)24-13(18)19/h3,13H,1-2H3,(H,20,23). The van der Waals surface area contributed by atoms with E-state index in [1.54, 1.807) is 0 Å². The highest BCUT2D eigenvalue weighted by atomic mass is 79.9. The number of alkyl halides is 2. The largest absolute Gasteiger partial charge is 0.416 e. The molecule has 130 valence electrons. The Morgan fingerprint density at radius 1 is 1.46 bits per heavy atom. The van der Waals surface area contributed by atoms with Crippen molar-refractivity contribution < 1.29 is 22.7 Å². The van der Waals surface area contributed by atoms with Gasteiger partial charge in [0.1, 0.15) is 16.5 Å². The zero-order valence-electron chi connectivity index (χ0n) is 12.1. The number of amides is 1. The quantitative estimate of drug-likeness (QED) is 0.729. The van der Waals surface area contributed by atoms with E-state index < -0.39 is 24.2 Å². The van der Waals surface area contributed by atoms with E-state index in [0.29, 0.717) is 0 Å². The Kier molecular flexibility index (Phi) is 5.67. The van der Waals surface area contributed by atoms with E-state index in [1.807, 2.05) is 0 Å². The van der Waals surface area contributed by atoms with Crippen LogP contribution in [0.5, 0.6) is 5.88 Å². The summed E-state index contributed by atoms with van der Waals surface area (Å²) < 4.78 is 44.5. The van der Waals surface area contributed by atoms with Crippen molar-refractivity contribution in [1.29, 1.82) is 0 Å². The van der Waals surface area contributed by atoms with Gasteiger partial charge in [-0.2, -0.15) is 13.9 Å². The number of nitrogens with zero attached hydrogens (tertiary/aromatic N) is 2. The zero-order valence-corrected chi connectivity index (χ0v) is 15.2. The summed E-state index contributed by atoms with van der Waals surface area (Å²) in [6.07, 6.45) is 0. The number of carbonyl (C=O) groups is 1. The first-order chi connectivity index (χ1) is 11.1. The molecular formula is C13H9BrCl2F3N3O2. The molecule has 2 rings (SSSR count). The zero-order chi connectivity index (χ0) is 18.2. The third-order valence-electron chi connectivity index (χ3n) is 2.85. The van der Waals surface area contributed by atoms with Crippen molar-refractivity contribution in [1.82, 2.24) is 9.78 Å². The lowest BCUT2D eigenvalue weighted by Crippen LogP contribution is -2.08. The second-order valence-corrected chi connectivity index (χ2v) is 6.13. The van der Waals surface area contributed by atoms with E-state index in [4.69, 9.17) is 23.2 Å². The molecular weight excluding hydrogens is 438 g/mol. The number of ether oxygens (including phenoxy) is 1. The molecule has 0 bridgehead atoms. The molecule has 0 radical (unpaired) electrons. The Morgan fingerprint density at radius 3 is 2.62 bits per heavy atom. The van der Waals surface area contributed by atoms with Crippen LogP contribution in [0.15, 0.2) is 10.5 Å². The molecule has 0 fully saturated rings. The van der Waals surface area contributed by atoms with Gasteiger partial charge in [0.05, 0.1) is 20.7 Å². The van der Waals surface area contributed by atoms with Crippen LogP contribution in [0.2, 0.25) is 10.0 Å². The molecule has 0 aliphatic carbocycles. The molecule has 11 heteroatoms. The van der Waals surface area contributed by atoms with Crippen molar-refractivity contribution in [3.05, 3.63) is 26.4 Å². The Balaban J connectivity index is 2.67. The minimum Gasteiger partial charge on any atom is -0.416 e. The van der Waals surface area contributed by atoms with Gasteiger partial charge in [0.15, 0.2) is 0 Å². The number of aryl methyl sites for hydroxylation is 1. The fourth-order valence-corrected chi connectivity index (χ4v) is 3.29. The van der Waals surface area contributed by atoms with Gasteiger partial charge in [-0.25, -0.2) is 9.07 Å². The average Bonchev–Trinajstić information content (AvgIpc) is 2.71. The summed E-state index contributed by atoms with van der Waals surface area (Å²) in [5.74, 6) is -1.68. The van der Waals surface area contributed by atoms with Crippen molar-refractivity contribution in [2.24, 2.45) is 7.05 Å². The molecule has 1 N–H and O–H groups in total. The monoisotopic (exact) mass is 445 g/mol.